The molecule has 0 unspecified atom stereocenters. The molecule has 1 saturated heterocycles. The second-order valence-corrected chi connectivity index (χ2v) is 11.0. The van der Waals surface area contributed by atoms with Crippen molar-refractivity contribution in [3.8, 4) is 0 Å². The molecule has 0 radical (unpaired) electrons. The zero-order valence-corrected chi connectivity index (χ0v) is 20.4. The van der Waals surface area contributed by atoms with E-state index in [1.807, 2.05) is 18.2 Å². The van der Waals surface area contributed by atoms with Crippen LogP contribution in [0.25, 0.3) is 10.9 Å². The fourth-order valence-electron chi connectivity index (χ4n) is 4.32. The molecule has 5 rings (SSSR count). The largest absolute Gasteiger partial charge is 0.359 e. The summed E-state index contributed by atoms with van der Waals surface area (Å²) in [5.74, 6) is -0.421. The Bertz CT molecular complexity index is 1320. The van der Waals surface area contributed by atoms with Gasteiger partial charge in [-0.25, -0.2) is 0 Å². The van der Waals surface area contributed by atoms with Gasteiger partial charge in [-0.3, -0.25) is 9.69 Å². The molecule has 0 saturated carbocycles. The maximum atomic E-state index is 12.2. The maximum Gasteiger partial charge on any atom is 0.285 e. The molecule has 0 bridgehead atoms. The van der Waals surface area contributed by atoms with Gasteiger partial charge in [0.05, 0.1) is 23.9 Å². The number of carbonyl (C=O) groups is 1. The Morgan fingerprint density at radius 3 is 2.67 bits per heavy atom. The molecule has 0 aliphatic carbocycles. The Labute approximate surface area is 201 Å². The summed E-state index contributed by atoms with van der Waals surface area (Å²) in [4.78, 5) is 17.0. The van der Waals surface area contributed by atoms with Gasteiger partial charge in [0.15, 0.2) is 0 Å². The Hall–Kier alpha value is -2.24. The first-order valence-corrected chi connectivity index (χ1v) is 13.6. The van der Waals surface area contributed by atoms with Gasteiger partial charge in [0.1, 0.15) is 5.00 Å². The maximum absolute atomic E-state index is 12.2. The number of amides is 1. The van der Waals surface area contributed by atoms with Gasteiger partial charge in [-0.05, 0) is 47.3 Å². The van der Waals surface area contributed by atoms with Crippen molar-refractivity contribution < 1.29 is 17.5 Å². The van der Waals surface area contributed by atoms with E-state index in [1.165, 1.54) is 10.4 Å². The average molecular weight is 507 g/mol. The molecule has 174 valence electrons. The van der Waals surface area contributed by atoms with Gasteiger partial charge in [-0.15, -0.1) is 4.28 Å². The molecule has 3 aromatic rings. The molecule has 1 amide bonds. The predicted octanol–water partition coefficient (Wildman–Crippen LogP) is 3.09. The van der Waals surface area contributed by atoms with Crippen LogP contribution in [0.2, 0.25) is 5.02 Å². The molecule has 2 aliphatic heterocycles. The second-order valence-electron chi connectivity index (χ2n) is 8.30. The quantitative estimate of drug-likeness (QED) is 0.508. The SMILES string of the molecule is CS(=O)(=O)ON1C(=O)Cc2cc(CCN3CCN(c4snc5ccccc45)CC3)c(Cl)cc21. The highest BCUT2D eigenvalue weighted by Crippen LogP contribution is 2.35. The third-order valence-corrected chi connectivity index (χ3v) is 7.68. The molecule has 11 heteroatoms. The van der Waals surface area contributed by atoms with Crippen molar-refractivity contribution in [3.63, 3.8) is 0 Å². The predicted molar refractivity (Wildman–Crippen MR) is 131 cm³/mol. The fraction of sp³-hybridized carbons (Fsp3) is 0.364. The van der Waals surface area contributed by atoms with E-state index in [4.69, 9.17) is 15.9 Å². The summed E-state index contributed by atoms with van der Waals surface area (Å²) in [5.41, 5.74) is 3.11. The molecular formula is C22H23ClN4O4S2. The van der Waals surface area contributed by atoms with Crippen LogP contribution in [0.5, 0.6) is 0 Å². The molecule has 0 atom stereocenters. The Morgan fingerprint density at radius 2 is 1.91 bits per heavy atom. The number of anilines is 2. The van der Waals surface area contributed by atoms with E-state index in [-0.39, 0.29) is 6.42 Å². The highest BCUT2D eigenvalue weighted by atomic mass is 35.5. The Kier molecular flexibility index (Phi) is 6.04. The number of hydrogen-bond acceptors (Lipinski definition) is 8. The fourth-order valence-corrected chi connectivity index (χ4v) is 5.92. The van der Waals surface area contributed by atoms with Gasteiger partial charge in [0, 0.05) is 43.1 Å². The summed E-state index contributed by atoms with van der Waals surface area (Å²) >= 11 is 8.04. The number of hydrogen-bond donors (Lipinski definition) is 0. The number of hydroxylamine groups is 1. The van der Waals surface area contributed by atoms with E-state index >= 15 is 0 Å². The molecule has 33 heavy (non-hydrogen) atoms. The lowest BCUT2D eigenvalue weighted by Gasteiger charge is -2.35. The van der Waals surface area contributed by atoms with E-state index in [1.54, 1.807) is 17.6 Å². The number of nitrogens with zero attached hydrogens (tertiary/aromatic N) is 4. The van der Waals surface area contributed by atoms with Gasteiger partial charge < -0.3 is 4.90 Å². The third kappa shape index (κ3) is 4.71. The highest BCUT2D eigenvalue weighted by Gasteiger charge is 2.32. The van der Waals surface area contributed by atoms with Crippen molar-refractivity contribution in [3.05, 3.63) is 52.5 Å². The monoisotopic (exact) mass is 506 g/mol. The third-order valence-electron chi connectivity index (χ3n) is 5.97. The van der Waals surface area contributed by atoms with Crippen molar-refractivity contribution >= 4 is 60.8 Å². The highest BCUT2D eigenvalue weighted by molar-refractivity contribution is 7.86. The average Bonchev–Trinajstić information content (AvgIpc) is 3.33. The van der Waals surface area contributed by atoms with Crippen molar-refractivity contribution in [1.82, 2.24) is 9.27 Å². The molecule has 0 N–H and O–H groups in total. The van der Waals surface area contributed by atoms with Crippen LogP contribution in [0.15, 0.2) is 36.4 Å². The van der Waals surface area contributed by atoms with Crippen LogP contribution in [-0.4, -0.2) is 62.6 Å². The van der Waals surface area contributed by atoms with Crippen LogP contribution in [0.3, 0.4) is 0 Å². The number of aromatic nitrogens is 1. The Morgan fingerprint density at radius 1 is 1.15 bits per heavy atom. The molecular weight excluding hydrogens is 484 g/mol. The van der Waals surface area contributed by atoms with Crippen LogP contribution in [0, 0.1) is 0 Å². The van der Waals surface area contributed by atoms with Crippen LogP contribution in [0.4, 0.5) is 10.7 Å². The van der Waals surface area contributed by atoms with Gasteiger partial charge in [0.2, 0.25) is 0 Å². The van der Waals surface area contributed by atoms with E-state index < -0.39 is 16.0 Å². The van der Waals surface area contributed by atoms with Crippen molar-refractivity contribution in [2.24, 2.45) is 0 Å². The summed E-state index contributed by atoms with van der Waals surface area (Å²) in [6, 6.07) is 11.8. The number of halogens is 1. The Balaban J connectivity index is 1.21. The molecule has 2 aliphatic rings. The van der Waals surface area contributed by atoms with Gasteiger partial charge in [0.25, 0.3) is 16.0 Å². The van der Waals surface area contributed by atoms with E-state index in [0.717, 1.165) is 67.1 Å². The van der Waals surface area contributed by atoms with Crippen molar-refractivity contribution in [1.29, 1.82) is 0 Å². The van der Waals surface area contributed by atoms with Gasteiger partial charge >= 0.3 is 0 Å². The lowest BCUT2D eigenvalue weighted by atomic mass is 10.1. The second kappa shape index (κ2) is 8.84. The van der Waals surface area contributed by atoms with Crippen molar-refractivity contribution in [2.45, 2.75) is 12.8 Å². The molecule has 1 aromatic heterocycles. The summed E-state index contributed by atoms with van der Waals surface area (Å²) in [7, 11) is -3.82. The standard InChI is InChI=1S/C22H23ClN4O4S2/c1-33(29,30)31-27-20-14-18(23)15(12-16(20)13-21(27)28)6-7-25-8-10-26(11-9-25)22-17-4-2-3-5-19(17)24-32-22/h2-5,12,14H,6-11,13H2,1H3. The van der Waals surface area contributed by atoms with Crippen LogP contribution < -0.4 is 9.96 Å². The summed E-state index contributed by atoms with van der Waals surface area (Å²) in [6.07, 6.45) is 1.75. The lowest BCUT2D eigenvalue weighted by molar-refractivity contribution is -0.121. The first-order valence-electron chi connectivity index (χ1n) is 10.6. The van der Waals surface area contributed by atoms with Crippen LogP contribution in [0.1, 0.15) is 11.1 Å². The smallest absolute Gasteiger partial charge is 0.285 e. The molecule has 3 heterocycles. The molecule has 0 spiro atoms. The minimum atomic E-state index is -3.82. The summed E-state index contributed by atoms with van der Waals surface area (Å²) in [6.45, 7) is 4.63. The van der Waals surface area contributed by atoms with Gasteiger partial charge in [-0.2, -0.15) is 17.9 Å². The number of benzene rings is 2. The summed E-state index contributed by atoms with van der Waals surface area (Å²) in [5, 5.41) is 3.77. The zero-order valence-electron chi connectivity index (χ0n) is 18.0. The number of rotatable bonds is 6. The molecule has 2 aromatic carbocycles. The van der Waals surface area contributed by atoms with E-state index in [2.05, 4.69) is 26.3 Å². The zero-order chi connectivity index (χ0) is 23.2. The minimum Gasteiger partial charge on any atom is -0.359 e. The van der Waals surface area contributed by atoms with E-state index in [9.17, 15) is 13.2 Å². The molecule has 1 fully saturated rings. The van der Waals surface area contributed by atoms with Crippen LogP contribution in [-0.2, 0) is 32.0 Å². The topological polar surface area (TPSA) is 83.0 Å². The van der Waals surface area contributed by atoms with Crippen LogP contribution >= 0.6 is 23.1 Å². The normalized spacial score (nSPS) is 17.2. The van der Waals surface area contributed by atoms with E-state index in [0.29, 0.717) is 10.7 Å². The number of fused-ring (bicyclic) bond motifs is 2. The minimum absolute atomic E-state index is 0.0938. The summed E-state index contributed by atoms with van der Waals surface area (Å²) < 4.78 is 32.3. The number of piperazine rings is 1. The molecule has 8 nitrogen and oxygen atoms in total. The first kappa shape index (κ1) is 22.5. The lowest BCUT2D eigenvalue weighted by Crippen LogP contribution is -2.46. The first-order chi connectivity index (χ1) is 15.8. The van der Waals surface area contributed by atoms with Crippen molar-refractivity contribution in [2.75, 3.05) is 48.9 Å². The van der Waals surface area contributed by atoms with Gasteiger partial charge in [-0.1, -0.05) is 29.8 Å². The number of carbonyl (C=O) groups excluding carboxylic acids is 1.